The van der Waals surface area contributed by atoms with Gasteiger partial charge in [0.05, 0.1) is 0 Å². The zero-order valence-corrected chi connectivity index (χ0v) is 10.3. The van der Waals surface area contributed by atoms with Crippen LogP contribution in [0, 0.1) is 11.8 Å². The quantitative estimate of drug-likeness (QED) is 0.575. The Bertz CT molecular complexity index is 138. The van der Waals surface area contributed by atoms with E-state index in [-0.39, 0.29) is 0 Å². The Morgan fingerprint density at radius 2 is 1.93 bits per heavy atom. The SMILES string of the molecule is CCCN(CCCC(C)C)CC1CC1. The second-order valence-electron chi connectivity index (χ2n) is 5.28. The first-order chi connectivity index (χ1) is 6.72. The van der Waals surface area contributed by atoms with Crippen LogP contribution in [0.15, 0.2) is 0 Å². The van der Waals surface area contributed by atoms with Gasteiger partial charge >= 0.3 is 0 Å². The monoisotopic (exact) mass is 197 g/mol. The molecule has 0 heterocycles. The first-order valence-corrected chi connectivity index (χ1v) is 6.44. The molecular formula is C13H27N. The van der Waals surface area contributed by atoms with E-state index in [1.54, 1.807) is 0 Å². The maximum absolute atomic E-state index is 2.68. The summed E-state index contributed by atoms with van der Waals surface area (Å²) in [5.74, 6) is 1.93. The van der Waals surface area contributed by atoms with Gasteiger partial charge in [-0.1, -0.05) is 20.8 Å². The fourth-order valence-electron chi connectivity index (χ4n) is 2.00. The summed E-state index contributed by atoms with van der Waals surface area (Å²) in [6, 6.07) is 0. The standard InChI is InChI=1S/C13H27N/c1-4-9-14(11-13-7-8-13)10-5-6-12(2)3/h12-13H,4-11H2,1-3H3. The van der Waals surface area contributed by atoms with Crippen molar-refractivity contribution in [2.45, 2.75) is 52.9 Å². The molecule has 1 heteroatoms. The van der Waals surface area contributed by atoms with Crippen molar-refractivity contribution in [1.82, 2.24) is 4.90 Å². The third-order valence-electron chi connectivity index (χ3n) is 3.01. The molecule has 0 bridgehead atoms. The van der Waals surface area contributed by atoms with Gasteiger partial charge in [0, 0.05) is 6.54 Å². The smallest absolute Gasteiger partial charge is 0.000966 e. The lowest BCUT2D eigenvalue weighted by molar-refractivity contribution is 0.253. The lowest BCUT2D eigenvalue weighted by Crippen LogP contribution is -2.28. The summed E-state index contributed by atoms with van der Waals surface area (Å²) in [5.41, 5.74) is 0. The van der Waals surface area contributed by atoms with Gasteiger partial charge in [0.15, 0.2) is 0 Å². The van der Waals surface area contributed by atoms with E-state index < -0.39 is 0 Å². The first kappa shape index (κ1) is 12.0. The normalized spacial score (nSPS) is 16.9. The molecule has 1 rings (SSSR count). The van der Waals surface area contributed by atoms with Gasteiger partial charge in [0.2, 0.25) is 0 Å². The molecule has 0 N–H and O–H groups in total. The summed E-state index contributed by atoms with van der Waals surface area (Å²) < 4.78 is 0. The van der Waals surface area contributed by atoms with Gasteiger partial charge in [-0.3, -0.25) is 0 Å². The van der Waals surface area contributed by atoms with Gasteiger partial charge in [0.25, 0.3) is 0 Å². The molecule has 1 fully saturated rings. The Morgan fingerprint density at radius 1 is 1.21 bits per heavy atom. The minimum absolute atomic E-state index is 0.874. The van der Waals surface area contributed by atoms with E-state index in [0.717, 1.165) is 11.8 Å². The molecule has 0 radical (unpaired) electrons. The van der Waals surface area contributed by atoms with Crippen molar-refractivity contribution < 1.29 is 0 Å². The molecule has 0 saturated heterocycles. The lowest BCUT2D eigenvalue weighted by atomic mass is 10.1. The van der Waals surface area contributed by atoms with Crippen LogP contribution in [0.2, 0.25) is 0 Å². The molecule has 0 unspecified atom stereocenters. The Hall–Kier alpha value is -0.0400. The second kappa shape index (κ2) is 6.44. The largest absolute Gasteiger partial charge is 0.303 e. The van der Waals surface area contributed by atoms with Crippen molar-refractivity contribution in [2.75, 3.05) is 19.6 Å². The van der Waals surface area contributed by atoms with Crippen molar-refractivity contribution in [2.24, 2.45) is 11.8 Å². The maximum Gasteiger partial charge on any atom is 0.000966 e. The van der Waals surface area contributed by atoms with E-state index in [9.17, 15) is 0 Å². The van der Waals surface area contributed by atoms with Crippen molar-refractivity contribution >= 4 is 0 Å². The van der Waals surface area contributed by atoms with Gasteiger partial charge < -0.3 is 4.90 Å². The predicted octanol–water partition coefficient (Wildman–Crippen LogP) is 3.54. The number of hydrogen-bond donors (Lipinski definition) is 0. The minimum Gasteiger partial charge on any atom is -0.303 e. The molecular weight excluding hydrogens is 170 g/mol. The molecule has 0 amide bonds. The predicted molar refractivity (Wildman–Crippen MR) is 63.5 cm³/mol. The van der Waals surface area contributed by atoms with Gasteiger partial charge in [-0.2, -0.15) is 0 Å². The molecule has 14 heavy (non-hydrogen) atoms. The second-order valence-corrected chi connectivity index (χ2v) is 5.28. The zero-order valence-electron chi connectivity index (χ0n) is 10.3. The first-order valence-electron chi connectivity index (χ1n) is 6.44. The Kier molecular flexibility index (Phi) is 5.54. The van der Waals surface area contributed by atoms with Gasteiger partial charge in [-0.05, 0) is 57.0 Å². The molecule has 0 aromatic heterocycles. The van der Waals surface area contributed by atoms with Crippen molar-refractivity contribution in [1.29, 1.82) is 0 Å². The van der Waals surface area contributed by atoms with E-state index in [0.29, 0.717) is 0 Å². The molecule has 0 spiro atoms. The number of nitrogens with zero attached hydrogens (tertiary/aromatic N) is 1. The summed E-state index contributed by atoms with van der Waals surface area (Å²) >= 11 is 0. The van der Waals surface area contributed by atoms with E-state index in [4.69, 9.17) is 0 Å². The highest BCUT2D eigenvalue weighted by atomic mass is 15.1. The maximum atomic E-state index is 2.68. The fraction of sp³-hybridized carbons (Fsp3) is 1.00. The van der Waals surface area contributed by atoms with Gasteiger partial charge in [-0.25, -0.2) is 0 Å². The highest BCUT2D eigenvalue weighted by Gasteiger charge is 2.23. The number of hydrogen-bond acceptors (Lipinski definition) is 1. The van der Waals surface area contributed by atoms with Gasteiger partial charge in [0.1, 0.15) is 0 Å². The highest BCUT2D eigenvalue weighted by molar-refractivity contribution is 4.77. The Morgan fingerprint density at radius 3 is 2.43 bits per heavy atom. The summed E-state index contributed by atoms with van der Waals surface area (Å²) in [6.45, 7) is 11.0. The molecule has 1 nitrogen and oxygen atoms in total. The van der Waals surface area contributed by atoms with Gasteiger partial charge in [-0.15, -0.1) is 0 Å². The molecule has 0 aromatic carbocycles. The van der Waals surface area contributed by atoms with Crippen molar-refractivity contribution in [3.05, 3.63) is 0 Å². The molecule has 1 aliphatic rings. The summed E-state index contributed by atoms with van der Waals surface area (Å²) in [4.78, 5) is 2.68. The van der Waals surface area contributed by atoms with Crippen LogP contribution in [-0.4, -0.2) is 24.5 Å². The van der Waals surface area contributed by atoms with Crippen LogP contribution in [0.1, 0.15) is 52.9 Å². The summed E-state index contributed by atoms with van der Waals surface area (Å²) in [5, 5.41) is 0. The topological polar surface area (TPSA) is 3.24 Å². The van der Waals surface area contributed by atoms with Crippen LogP contribution in [0.5, 0.6) is 0 Å². The summed E-state index contributed by atoms with van der Waals surface area (Å²) in [7, 11) is 0. The molecule has 0 aliphatic heterocycles. The van der Waals surface area contributed by atoms with Crippen LogP contribution in [-0.2, 0) is 0 Å². The van der Waals surface area contributed by atoms with E-state index in [2.05, 4.69) is 25.7 Å². The van der Waals surface area contributed by atoms with E-state index in [1.807, 2.05) is 0 Å². The Balaban J connectivity index is 2.06. The molecule has 84 valence electrons. The van der Waals surface area contributed by atoms with Crippen molar-refractivity contribution in [3.63, 3.8) is 0 Å². The molecule has 1 aliphatic carbocycles. The fourth-order valence-corrected chi connectivity index (χ4v) is 2.00. The van der Waals surface area contributed by atoms with Crippen LogP contribution < -0.4 is 0 Å². The van der Waals surface area contributed by atoms with Crippen LogP contribution in [0.3, 0.4) is 0 Å². The molecule has 0 aromatic rings. The average Bonchev–Trinajstić information content (AvgIpc) is 2.88. The van der Waals surface area contributed by atoms with E-state index in [1.165, 1.54) is 51.7 Å². The third-order valence-corrected chi connectivity index (χ3v) is 3.01. The van der Waals surface area contributed by atoms with Crippen molar-refractivity contribution in [3.8, 4) is 0 Å². The highest BCUT2D eigenvalue weighted by Crippen LogP contribution is 2.29. The number of rotatable bonds is 8. The average molecular weight is 197 g/mol. The van der Waals surface area contributed by atoms with Crippen LogP contribution >= 0.6 is 0 Å². The minimum atomic E-state index is 0.874. The molecule has 1 saturated carbocycles. The zero-order chi connectivity index (χ0) is 10.4. The van der Waals surface area contributed by atoms with Crippen LogP contribution in [0.4, 0.5) is 0 Å². The summed E-state index contributed by atoms with van der Waals surface area (Å²) in [6.07, 6.45) is 7.08. The van der Waals surface area contributed by atoms with E-state index >= 15 is 0 Å². The van der Waals surface area contributed by atoms with Crippen LogP contribution in [0.25, 0.3) is 0 Å². The third kappa shape index (κ3) is 5.64. The Labute approximate surface area is 89.9 Å². The lowest BCUT2D eigenvalue weighted by Gasteiger charge is -2.21. The molecule has 0 atom stereocenters.